The van der Waals surface area contributed by atoms with Crippen LogP contribution in [0.4, 0.5) is 0 Å². The first kappa shape index (κ1) is 24.0. The van der Waals surface area contributed by atoms with Gasteiger partial charge in [-0.15, -0.1) is 0 Å². The van der Waals surface area contributed by atoms with Crippen LogP contribution in [-0.2, 0) is 22.4 Å². The Hall–Kier alpha value is -2.19. The fraction of sp³-hybridized carbons (Fsp3) is 0.577. The number of hydrogen-bond acceptors (Lipinski definition) is 5. The lowest BCUT2D eigenvalue weighted by Gasteiger charge is -2.27. The van der Waals surface area contributed by atoms with E-state index in [0.717, 1.165) is 108 Å². The average molecular weight is 455 g/mol. The maximum atomic E-state index is 13.3. The number of carbonyl (C=O) groups is 1. The first-order valence-electron chi connectivity index (χ1n) is 12.4. The minimum Gasteiger partial charge on any atom is -0.379 e. The van der Waals surface area contributed by atoms with Crippen molar-refractivity contribution in [2.24, 2.45) is 0 Å². The van der Waals surface area contributed by atoms with Gasteiger partial charge in [-0.25, -0.2) is 0 Å². The van der Waals surface area contributed by atoms with Gasteiger partial charge in [0.15, 0.2) is 0 Å². The van der Waals surface area contributed by atoms with Gasteiger partial charge in [0.05, 0.1) is 32.0 Å². The molecular formula is C26H38N4O3. The highest BCUT2D eigenvalue weighted by molar-refractivity contribution is 5.97. The molecule has 33 heavy (non-hydrogen) atoms. The molecule has 7 nitrogen and oxygen atoms in total. The van der Waals surface area contributed by atoms with Crippen LogP contribution in [0.5, 0.6) is 0 Å². The van der Waals surface area contributed by atoms with Crippen LogP contribution in [0.1, 0.15) is 29.4 Å². The second kappa shape index (κ2) is 12.3. The number of nitrogens with zero attached hydrogens (tertiary/aromatic N) is 3. The van der Waals surface area contributed by atoms with Gasteiger partial charge in [0.2, 0.25) is 0 Å². The van der Waals surface area contributed by atoms with E-state index in [9.17, 15) is 4.79 Å². The molecule has 1 aromatic heterocycles. The summed E-state index contributed by atoms with van der Waals surface area (Å²) in [6.45, 7) is 12.5. The Labute approximate surface area is 197 Å². The maximum Gasteiger partial charge on any atom is 0.253 e. The number of morpholine rings is 2. The number of hydrogen-bond donors (Lipinski definition) is 1. The first-order valence-corrected chi connectivity index (χ1v) is 12.4. The molecule has 0 saturated carbocycles. The molecule has 3 heterocycles. The molecule has 2 fully saturated rings. The third kappa shape index (κ3) is 6.44. The number of aromatic nitrogens is 1. The SMILES string of the molecule is CCCc1c(C(=O)NCCN2CCOCC2)cc(-c2ccccc2)n1CCN1CCOCC1. The lowest BCUT2D eigenvalue weighted by Crippen LogP contribution is -2.41. The van der Waals surface area contributed by atoms with Crippen molar-refractivity contribution in [2.75, 3.05) is 72.2 Å². The zero-order valence-electron chi connectivity index (χ0n) is 19.9. The van der Waals surface area contributed by atoms with E-state index in [1.54, 1.807) is 0 Å². The third-order valence-corrected chi connectivity index (χ3v) is 6.57. The number of nitrogens with one attached hydrogen (secondary N) is 1. The van der Waals surface area contributed by atoms with E-state index in [0.29, 0.717) is 6.54 Å². The first-order chi connectivity index (χ1) is 16.3. The van der Waals surface area contributed by atoms with Crippen LogP contribution in [0.25, 0.3) is 11.3 Å². The van der Waals surface area contributed by atoms with Gasteiger partial charge in [0, 0.05) is 63.7 Å². The standard InChI is InChI=1S/C26H38N4O3/c1-2-6-24-23(26(31)27-9-10-28-13-17-32-18-14-28)21-25(22-7-4-3-5-8-22)30(24)12-11-29-15-19-33-20-16-29/h3-5,7-8,21H,2,6,9-20H2,1H3,(H,27,31). The summed E-state index contributed by atoms with van der Waals surface area (Å²) >= 11 is 0. The molecule has 0 bridgehead atoms. The molecule has 2 saturated heterocycles. The monoisotopic (exact) mass is 454 g/mol. The minimum atomic E-state index is 0.0361. The Bertz CT molecular complexity index is 871. The van der Waals surface area contributed by atoms with Crippen molar-refractivity contribution >= 4 is 5.91 Å². The normalized spacial score (nSPS) is 17.8. The highest BCUT2D eigenvalue weighted by Crippen LogP contribution is 2.27. The predicted octanol–water partition coefficient (Wildman–Crippen LogP) is 2.50. The zero-order chi connectivity index (χ0) is 22.9. The molecule has 4 rings (SSSR count). The molecule has 0 atom stereocenters. The van der Waals surface area contributed by atoms with Crippen molar-refractivity contribution in [1.82, 2.24) is 19.7 Å². The second-order valence-corrected chi connectivity index (χ2v) is 8.82. The van der Waals surface area contributed by atoms with Gasteiger partial charge in [0.1, 0.15) is 0 Å². The summed E-state index contributed by atoms with van der Waals surface area (Å²) in [4.78, 5) is 18.1. The van der Waals surface area contributed by atoms with Crippen LogP contribution in [0.2, 0.25) is 0 Å². The van der Waals surface area contributed by atoms with E-state index >= 15 is 0 Å². The summed E-state index contributed by atoms with van der Waals surface area (Å²) in [6, 6.07) is 12.5. The smallest absolute Gasteiger partial charge is 0.253 e. The van der Waals surface area contributed by atoms with Crippen molar-refractivity contribution < 1.29 is 14.3 Å². The molecule has 1 aromatic carbocycles. The second-order valence-electron chi connectivity index (χ2n) is 8.82. The topological polar surface area (TPSA) is 59.0 Å². The van der Waals surface area contributed by atoms with Crippen LogP contribution < -0.4 is 5.32 Å². The summed E-state index contributed by atoms with van der Waals surface area (Å²) in [5.41, 5.74) is 4.25. The summed E-state index contributed by atoms with van der Waals surface area (Å²) in [5.74, 6) is 0.0361. The van der Waals surface area contributed by atoms with Gasteiger partial charge in [-0.05, 0) is 18.1 Å². The summed E-state index contributed by atoms with van der Waals surface area (Å²) in [7, 11) is 0. The van der Waals surface area contributed by atoms with Gasteiger partial charge < -0.3 is 19.4 Å². The molecule has 1 N–H and O–H groups in total. The number of ether oxygens (including phenoxy) is 2. The summed E-state index contributed by atoms with van der Waals surface area (Å²) < 4.78 is 13.3. The van der Waals surface area contributed by atoms with E-state index in [1.807, 2.05) is 6.07 Å². The van der Waals surface area contributed by atoms with Crippen molar-refractivity contribution in [3.05, 3.63) is 47.7 Å². The van der Waals surface area contributed by atoms with Gasteiger partial charge in [-0.3, -0.25) is 14.6 Å². The Morgan fingerprint density at radius 2 is 1.55 bits per heavy atom. The molecule has 2 aliphatic heterocycles. The van der Waals surface area contributed by atoms with Crippen LogP contribution in [0.15, 0.2) is 36.4 Å². The van der Waals surface area contributed by atoms with Crippen molar-refractivity contribution in [3.63, 3.8) is 0 Å². The molecule has 0 spiro atoms. The summed E-state index contributed by atoms with van der Waals surface area (Å²) in [5, 5.41) is 3.18. The number of benzene rings is 1. The molecular weight excluding hydrogens is 416 g/mol. The lowest BCUT2D eigenvalue weighted by atomic mass is 10.1. The number of rotatable bonds is 10. The highest BCUT2D eigenvalue weighted by atomic mass is 16.5. The van der Waals surface area contributed by atoms with Crippen LogP contribution in [-0.4, -0.2) is 92.5 Å². The van der Waals surface area contributed by atoms with Crippen LogP contribution in [0.3, 0.4) is 0 Å². The zero-order valence-corrected chi connectivity index (χ0v) is 19.9. The molecule has 0 radical (unpaired) electrons. The van der Waals surface area contributed by atoms with E-state index < -0.39 is 0 Å². The van der Waals surface area contributed by atoms with Crippen LogP contribution in [0, 0.1) is 0 Å². The van der Waals surface area contributed by atoms with E-state index in [2.05, 4.69) is 56.9 Å². The Morgan fingerprint density at radius 3 is 2.18 bits per heavy atom. The average Bonchev–Trinajstić information content (AvgIpc) is 3.23. The Kier molecular flexibility index (Phi) is 8.94. The number of amides is 1. The molecule has 1 amide bonds. The minimum absolute atomic E-state index is 0.0361. The van der Waals surface area contributed by atoms with Crippen LogP contribution >= 0.6 is 0 Å². The van der Waals surface area contributed by atoms with E-state index in [-0.39, 0.29) is 5.91 Å². The van der Waals surface area contributed by atoms with Gasteiger partial charge in [-0.1, -0.05) is 43.7 Å². The van der Waals surface area contributed by atoms with E-state index in [4.69, 9.17) is 9.47 Å². The summed E-state index contributed by atoms with van der Waals surface area (Å²) in [6.07, 6.45) is 1.89. The largest absolute Gasteiger partial charge is 0.379 e. The number of carbonyl (C=O) groups excluding carboxylic acids is 1. The Balaban J connectivity index is 1.53. The van der Waals surface area contributed by atoms with Gasteiger partial charge in [-0.2, -0.15) is 0 Å². The van der Waals surface area contributed by atoms with Crippen molar-refractivity contribution in [2.45, 2.75) is 26.3 Å². The maximum absolute atomic E-state index is 13.3. The third-order valence-electron chi connectivity index (χ3n) is 6.57. The van der Waals surface area contributed by atoms with Gasteiger partial charge >= 0.3 is 0 Å². The fourth-order valence-electron chi connectivity index (χ4n) is 4.71. The molecule has 2 aliphatic rings. The molecule has 180 valence electrons. The molecule has 0 unspecified atom stereocenters. The van der Waals surface area contributed by atoms with E-state index in [1.165, 1.54) is 0 Å². The highest BCUT2D eigenvalue weighted by Gasteiger charge is 2.22. The lowest BCUT2D eigenvalue weighted by molar-refractivity contribution is 0.0364. The predicted molar refractivity (Wildman–Crippen MR) is 131 cm³/mol. The van der Waals surface area contributed by atoms with Crippen molar-refractivity contribution in [1.29, 1.82) is 0 Å². The van der Waals surface area contributed by atoms with Gasteiger partial charge in [0.25, 0.3) is 5.91 Å². The fourth-order valence-corrected chi connectivity index (χ4v) is 4.71. The molecule has 7 heteroatoms. The Morgan fingerprint density at radius 1 is 0.909 bits per heavy atom. The molecule has 2 aromatic rings. The van der Waals surface area contributed by atoms with Crippen molar-refractivity contribution in [3.8, 4) is 11.3 Å². The molecule has 0 aliphatic carbocycles. The quantitative estimate of drug-likeness (QED) is 0.598.